The molecule has 2 nitrogen and oxygen atoms in total. The van der Waals surface area contributed by atoms with Gasteiger partial charge in [-0.05, 0) is 101 Å². The average Bonchev–Trinajstić information content (AvgIpc) is 3.03. The maximum Gasteiger partial charge on any atom is 0.426 e. The third kappa shape index (κ3) is 5.63. The predicted octanol–water partition coefficient (Wildman–Crippen LogP) is 10.6. The lowest BCUT2D eigenvalue weighted by molar-refractivity contribution is -0.187. The van der Waals surface area contributed by atoms with Gasteiger partial charge in [0.2, 0.25) is 11.6 Å². The first-order valence-electron chi connectivity index (χ1n) is 14.3. The van der Waals surface area contributed by atoms with E-state index in [1.165, 1.54) is 12.1 Å². The SMILES string of the molecule is CCCc1cc2c(c(F)c1F)OC(c1ccc3cc(C(F)(F)Oc4ccc(-c5cc(F)c(F)c(F)c5)c(F)c4F)ccc3c1)CC2. The van der Waals surface area contributed by atoms with Gasteiger partial charge in [-0.1, -0.05) is 31.5 Å². The molecule has 1 aliphatic rings. The molecule has 5 aromatic carbocycles. The molecule has 0 saturated carbocycles. The molecule has 0 amide bonds. The number of alkyl halides is 2. The average molecular weight is 647 g/mol. The van der Waals surface area contributed by atoms with Crippen molar-refractivity contribution in [2.24, 2.45) is 0 Å². The van der Waals surface area contributed by atoms with Gasteiger partial charge in [-0.3, -0.25) is 0 Å². The summed E-state index contributed by atoms with van der Waals surface area (Å²) < 4.78 is 140. The Morgan fingerprint density at radius 2 is 1.43 bits per heavy atom. The van der Waals surface area contributed by atoms with Crippen molar-refractivity contribution in [3.8, 4) is 22.6 Å². The number of hydrogen-bond acceptors (Lipinski definition) is 2. The van der Waals surface area contributed by atoms with Gasteiger partial charge < -0.3 is 9.47 Å². The van der Waals surface area contributed by atoms with Crippen LogP contribution in [0, 0.1) is 40.7 Å². The molecule has 238 valence electrons. The van der Waals surface area contributed by atoms with Crippen molar-refractivity contribution in [1.82, 2.24) is 0 Å². The minimum atomic E-state index is -4.15. The quantitative estimate of drug-likeness (QED) is 0.129. The zero-order valence-electron chi connectivity index (χ0n) is 24.0. The summed E-state index contributed by atoms with van der Waals surface area (Å²) in [4.78, 5) is 0. The van der Waals surface area contributed by atoms with Crippen LogP contribution in [-0.2, 0) is 19.0 Å². The molecular weight excluding hydrogens is 623 g/mol. The van der Waals surface area contributed by atoms with E-state index in [0.717, 1.165) is 18.2 Å². The molecule has 1 atom stereocenters. The molecule has 0 bridgehead atoms. The molecule has 1 heterocycles. The third-order valence-corrected chi connectivity index (χ3v) is 7.92. The summed E-state index contributed by atoms with van der Waals surface area (Å²) >= 11 is 0. The highest BCUT2D eigenvalue weighted by molar-refractivity contribution is 5.84. The van der Waals surface area contributed by atoms with Gasteiger partial charge in [0.05, 0.1) is 5.56 Å². The van der Waals surface area contributed by atoms with Crippen molar-refractivity contribution in [3.05, 3.63) is 130 Å². The minimum absolute atomic E-state index is 0.144. The van der Waals surface area contributed by atoms with Crippen molar-refractivity contribution in [2.45, 2.75) is 44.8 Å². The van der Waals surface area contributed by atoms with Crippen LogP contribution in [0.4, 0.5) is 39.5 Å². The molecule has 5 aromatic rings. The van der Waals surface area contributed by atoms with E-state index in [4.69, 9.17) is 4.74 Å². The lowest BCUT2D eigenvalue weighted by Gasteiger charge is -2.28. The molecule has 1 unspecified atom stereocenters. The maximum atomic E-state index is 15.2. The fraction of sp³-hybridized carbons (Fsp3) is 0.200. The molecule has 0 radical (unpaired) electrons. The number of aryl methyl sites for hydroxylation is 2. The number of benzene rings is 5. The van der Waals surface area contributed by atoms with Gasteiger partial charge in [-0.25, -0.2) is 22.0 Å². The summed E-state index contributed by atoms with van der Waals surface area (Å²) in [6.45, 7) is 1.87. The van der Waals surface area contributed by atoms with Gasteiger partial charge in [-0.2, -0.15) is 17.6 Å². The number of fused-ring (bicyclic) bond motifs is 2. The lowest BCUT2D eigenvalue weighted by Crippen LogP contribution is -2.22. The zero-order valence-corrected chi connectivity index (χ0v) is 24.0. The standard InChI is InChI=1S/C35H23F9O2/c1-2-3-20-13-21-7-10-27(45-34(21)33(42)29(20)38)19-5-4-18-14-23(8-6-17(18)12-19)35(43,44)46-28-11-9-24(30(39)32(28)41)22-15-25(36)31(40)26(37)16-22/h4-6,8-9,11-16,27H,2-3,7,10H2,1H3. The smallest absolute Gasteiger partial charge is 0.426 e. The monoisotopic (exact) mass is 646 g/mol. The molecule has 11 heteroatoms. The Balaban J connectivity index is 1.23. The van der Waals surface area contributed by atoms with Crippen LogP contribution < -0.4 is 9.47 Å². The number of ether oxygens (including phenoxy) is 2. The van der Waals surface area contributed by atoms with Crippen LogP contribution in [0.1, 0.15) is 48.1 Å². The lowest BCUT2D eigenvalue weighted by atomic mass is 9.93. The van der Waals surface area contributed by atoms with Crippen LogP contribution in [0.3, 0.4) is 0 Å². The van der Waals surface area contributed by atoms with E-state index >= 15 is 8.78 Å². The van der Waals surface area contributed by atoms with Crippen LogP contribution in [0.25, 0.3) is 21.9 Å². The Morgan fingerprint density at radius 3 is 2.15 bits per heavy atom. The Bertz CT molecular complexity index is 1970. The Hall–Kier alpha value is -4.67. The van der Waals surface area contributed by atoms with E-state index in [1.807, 2.05) is 6.92 Å². The number of hydrogen-bond donors (Lipinski definition) is 0. The molecule has 0 N–H and O–H groups in total. The number of rotatable bonds is 7. The summed E-state index contributed by atoms with van der Waals surface area (Å²) in [7, 11) is 0. The van der Waals surface area contributed by atoms with Crippen molar-refractivity contribution >= 4 is 10.8 Å². The highest BCUT2D eigenvalue weighted by Gasteiger charge is 2.37. The van der Waals surface area contributed by atoms with E-state index in [0.29, 0.717) is 71.3 Å². The van der Waals surface area contributed by atoms with Crippen molar-refractivity contribution < 1.29 is 49.0 Å². The number of halogens is 9. The maximum absolute atomic E-state index is 15.2. The van der Waals surface area contributed by atoms with E-state index in [1.54, 1.807) is 18.2 Å². The molecule has 0 fully saturated rings. The summed E-state index contributed by atoms with van der Waals surface area (Å²) in [6.07, 6.45) is -2.78. The molecule has 0 spiro atoms. The van der Waals surface area contributed by atoms with E-state index in [9.17, 15) is 30.7 Å². The largest absolute Gasteiger partial charge is 0.482 e. The Kier molecular flexibility index (Phi) is 8.12. The van der Waals surface area contributed by atoms with E-state index in [2.05, 4.69) is 4.74 Å². The van der Waals surface area contributed by atoms with Gasteiger partial charge in [0.15, 0.2) is 40.6 Å². The highest BCUT2D eigenvalue weighted by Crippen LogP contribution is 2.41. The predicted molar refractivity (Wildman–Crippen MR) is 152 cm³/mol. The highest BCUT2D eigenvalue weighted by atomic mass is 19.3. The van der Waals surface area contributed by atoms with Crippen molar-refractivity contribution in [3.63, 3.8) is 0 Å². The van der Waals surface area contributed by atoms with Crippen LogP contribution in [0.15, 0.2) is 66.7 Å². The Labute approximate surface area is 257 Å². The third-order valence-electron chi connectivity index (χ3n) is 7.92. The van der Waals surface area contributed by atoms with Crippen LogP contribution in [-0.4, -0.2) is 0 Å². The van der Waals surface area contributed by atoms with Crippen LogP contribution in [0.2, 0.25) is 0 Å². The summed E-state index contributed by atoms with van der Waals surface area (Å²) in [5.41, 5.74) is -0.456. The summed E-state index contributed by atoms with van der Waals surface area (Å²) in [6, 6.07) is 12.2. The van der Waals surface area contributed by atoms with E-state index < -0.39 is 75.4 Å². The zero-order chi connectivity index (χ0) is 32.9. The van der Waals surface area contributed by atoms with Gasteiger partial charge in [-0.15, -0.1) is 0 Å². The molecule has 46 heavy (non-hydrogen) atoms. The van der Waals surface area contributed by atoms with Crippen LogP contribution >= 0.6 is 0 Å². The molecule has 6 rings (SSSR count). The molecule has 0 aromatic heterocycles. The topological polar surface area (TPSA) is 18.5 Å². The van der Waals surface area contributed by atoms with Gasteiger partial charge in [0, 0.05) is 5.56 Å². The van der Waals surface area contributed by atoms with Crippen LogP contribution in [0.5, 0.6) is 11.5 Å². The second kappa shape index (κ2) is 11.9. The molecule has 1 aliphatic heterocycles. The minimum Gasteiger partial charge on any atom is -0.482 e. The molecule has 0 saturated heterocycles. The van der Waals surface area contributed by atoms with E-state index in [-0.39, 0.29) is 5.75 Å². The first kappa shape index (κ1) is 31.3. The van der Waals surface area contributed by atoms with Gasteiger partial charge in [0.25, 0.3) is 0 Å². The normalized spacial score (nSPS) is 14.7. The Morgan fingerprint density at radius 1 is 0.739 bits per heavy atom. The molecule has 0 aliphatic carbocycles. The first-order valence-corrected chi connectivity index (χ1v) is 14.3. The second-order valence-electron chi connectivity index (χ2n) is 11.0. The summed E-state index contributed by atoms with van der Waals surface area (Å²) in [5.74, 6) is -12.0. The summed E-state index contributed by atoms with van der Waals surface area (Å²) in [5, 5.41) is 0.848. The van der Waals surface area contributed by atoms with Crippen molar-refractivity contribution in [1.29, 1.82) is 0 Å². The van der Waals surface area contributed by atoms with Crippen molar-refractivity contribution in [2.75, 3.05) is 0 Å². The fourth-order valence-electron chi connectivity index (χ4n) is 5.59. The molecular formula is C35H23F9O2. The van der Waals surface area contributed by atoms with Gasteiger partial charge in [0.1, 0.15) is 6.10 Å². The first-order chi connectivity index (χ1) is 21.9. The van der Waals surface area contributed by atoms with Gasteiger partial charge >= 0.3 is 6.11 Å². The second-order valence-corrected chi connectivity index (χ2v) is 11.0. The fourth-order valence-corrected chi connectivity index (χ4v) is 5.59.